The normalized spacial score (nSPS) is 64.6. The molecule has 2 heterocycles. The van der Waals surface area contributed by atoms with Crippen LogP contribution in [0.5, 0.6) is 0 Å². The second kappa shape index (κ2) is 5.45. The fraction of sp³-hybridized carbons (Fsp3) is 1.00. The van der Waals surface area contributed by atoms with Crippen LogP contribution < -0.4 is 0 Å². The van der Waals surface area contributed by atoms with Gasteiger partial charge in [-0.2, -0.15) is 0 Å². The minimum absolute atomic E-state index is 0.267. The molecule has 0 aromatic heterocycles. The Morgan fingerprint density at radius 2 is 0.967 bits per heavy atom. The minimum atomic E-state index is -0.271. The van der Waals surface area contributed by atoms with Gasteiger partial charge in [0.25, 0.3) is 0 Å². The van der Waals surface area contributed by atoms with Crippen molar-refractivity contribution in [3.05, 3.63) is 0 Å². The van der Waals surface area contributed by atoms with Crippen LogP contribution in [0.4, 0.5) is 0 Å². The zero-order valence-electron chi connectivity index (χ0n) is 18.4. The lowest BCUT2D eigenvalue weighted by molar-refractivity contribution is -0.270. The molecule has 0 unspecified atom stereocenters. The summed E-state index contributed by atoms with van der Waals surface area (Å²) in [6.07, 6.45) is 5.01. The van der Waals surface area contributed by atoms with E-state index in [-0.39, 0.29) is 23.8 Å². The molecule has 6 saturated carbocycles. The minimum Gasteiger partial charge on any atom is -0.366 e. The molecule has 8 aliphatic rings. The molecule has 0 spiro atoms. The van der Waals surface area contributed by atoms with Crippen molar-refractivity contribution < 1.29 is 28.4 Å². The van der Waals surface area contributed by atoms with Gasteiger partial charge in [0.1, 0.15) is 11.2 Å². The largest absolute Gasteiger partial charge is 0.366 e. The number of rotatable bonds is 6. The van der Waals surface area contributed by atoms with Gasteiger partial charge >= 0.3 is 0 Å². The number of ether oxygens (including phenoxy) is 6. The Balaban J connectivity index is 1.39. The summed E-state index contributed by atoms with van der Waals surface area (Å²) < 4.78 is 38.6. The van der Waals surface area contributed by atoms with Crippen LogP contribution in [0, 0.1) is 59.2 Å². The van der Waals surface area contributed by atoms with Gasteiger partial charge in [0.05, 0.1) is 12.2 Å². The Labute approximate surface area is 178 Å². The zero-order chi connectivity index (χ0) is 20.2. The van der Waals surface area contributed by atoms with Gasteiger partial charge in [-0.05, 0) is 73.0 Å². The first-order valence-corrected chi connectivity index (χ1v) is 12.2. The van der Waals surface area contributed by atoms with E-state index in [1.54, 1.807) is 0 Å². The van der Waals surface area contributed by atoms with Crippen LogP contribution in [-0.4, -0.2) is 64.4 Å². The van der Waals surface area contributed by atoms with E-state index >= 15 is 0 Å². The standard InChI is InChI=1S/C24H34O6/c1-25-21(26-2)23-17-9-5-8-12-14(9)20-15(17)16-18(24(20,30-12)22(27-3)28-4)10-6-7-11(29-23)13(10)19(16)23/h9-22H,5-8H2,1-4H3/t9-,10-,11-,12+,13+,14-,15-,16-,17+,18+,19-,20-,23-,24-/m1/s1. The van der Waals surface area contributed by atoms with Crippen LogP contribution in [0.15, 0.2) is 0 Å². The summed E-state index contributed by atoms with van der Waals surface area (Å²) in [7, 11) is 7.24. The second-order valence-electron chi connectivity index (χ2n) is 11.5. The smallest absolute Gasteiger partial charge is 0.186 e. The Morgan fingerprint density at radius 1 is 0.567 bits per heavy atom. The summed E-state index contributed by atoms with van der Waals surface area (Å²) in [4.78, 5) is 0. The molecule has 2 aliphatic heterocycles. The average Bonchev–Trinajstić information content (AvgIpc) is 3.52. The lowest BCUT2D eigenvalue weighted by Gasteiger charge is -2.44. The summed E-state index contributed by atoms with van der Waals surface area (Å²) in [6, 6.07) is 0. The molecule has 6 nitrogen and oxygen atoms in total. The predicted octanol–water partition coefficient (Wildman–Crippen LogP) is 2.30. The first kappa shape index (κ1) is 18.2. The highest BCUT2D eigenvalue weighted by molar-refractivity contribution is 5.37. The van der Waals surface area contributed by atoms with Crippen molar-refractivity contribution in [1.29, 1.82) is 0 Å². The van der Waals surface area contributed by atoms with Gasteiger partial charge in [0.15, 0.2) is 12.6 Å². The van der Waals surface area contributed by atoms with Crippen molar-refractivity contribution >= 4 is 0 Å². The summed E-state index contributed by atoms with van der Waals surface area (Å²) in [6.45, 7) is 0. The molecule has 2 saturated heterocycles. The Kier molecular flexibility index (Phi) is 3.31. The maximum absolute atomic E-state index is 7.18. The van der Waals surface area contributed by atoms with E-state index in [2.05, 4.69) is 0 Å². The topological polar surface area (TPSA) is 55.4 Å². The van der Waals surface area contributed by atoms with Gasteiger partial charge in [-0.3, -0.25) is 0 Å². The van der Waals surface area contributed by atoms with Crippen LogP contribution in [0.2, 0.25) is 0 Å². The Hall–Kier alpha value is -0.240. The van der Waals surface area contributed by atoms with Gasteiger partial charge < -0.3 is 28.4 Å². The fourth-order valence-electron chi connectivity index (χ4n) is 12.1. The molecule has 0 aromatic rings. The van der Waals surface area contributed by atoms with Gasteiger partial charge in [-0.25, -0.2) is 0 Å². The lowest BCUT2D eigenvalue weighted by Crippen LogP contribution is -2.56. The molecular formula is C24H34O6. The molecule has 6 heteroatoms. The highest BCUT2D eigenvalue weighted by atomic mass is 16.7. The monoisotopic (exact) mass is 418 g/mol. The summed E-state index contributed by atoms with van der Waals surface area (Å²) in [5, 5.41) is 0. The summed E-state index contributed by atoms with van der Waals surface area (Å²) in [5.74, 6) is 5.90. The number of fused-ring (bicyclic) bond motifs is 4. The lowest BCUT2D eigenvalue weighted by atomic mass is 9.71. The van der Waals surface area contributed by atoms with Crippen molar-refractivity contribution in [1.82, 2.24) is 0 Å². The highest BCUT2D eigenvalue weighted by Crippen LogP contribution is 2.87. The molecule has 0 N–H and O–H groups in total. The van der Waals surface area contributed by atoms with E-state index in [4.69, 9.17) is 28.4 Å². The average molecular weight is 419 g/mol. The third-order valence-electron chi connectivity index (χ3n) is 11.7. The van der Waals surface area contributed by atoms with Crippen LogP contribution in [-0.2, 0) is 28.4 Å². The van der Waals surface area contributed by atoms with Crippen molar-refractivity contribution in [2.75, 3.05) is 28.4 Å². The fourth-order valence-corrected chi connectivity index (χ4v) is 12.1. The van der Waals surface area contributed by atoms with Crippen LogP contribution in [0.3, 0.4) is 0 Å². The van der Waals surface area contributed by atoms with Gasteiger partial charge in [-0.15, -0.1) is 0 Å². The Morgan fingerprint density at radius 3 is 1.33 bits per heavy atom. The molecule has 0 amide bonds. The van der Waals surface area contributed by atoms with Crippen molar-refractivity contribution in [2.24, 2.45) is 59.2 Å². The van der Waals surface area contributed by atoms with Crippen molar-refractivity contribution in [2.45, 2.75) is 61.7 Å². The third kappa shape index (κ3) is 1.48. The van der Waals surface area contributed by atoms with Gasteiger partial charge in [0.2, 0.25) is 0 Å². The maximum atomic E-state index is 7.18. The molecule has 0 radical (unpaired) electrons. The van der Waals surface area contributed by atoms with E-state index in [1.807, 2.05) is 28.4 Å². The second-order valence-corrected chi connectivity index (χ2v) is 11.5. The summed E-state index contributed by atoms with van der Waals surface area (Å²) in [5.41, 5.74) is -0.541. The van der Waals surface area contributed by atoms with Crippen LogP contribution in [0.25, 0.3) is 0 Å². The predicted molar refractivity (Wildman–Crippen MR) is 104 cm³/mol. The van der Waals surface area contributed by atoms with E-state index in [9.17, 15) is 0 Å². The SMILES string of the molecule is COC(OC)[C@]12O[C@@H]3CC[C@@H]4[C@@H]3[C@@H]1[C@@H]1[C@H]3[C@H]5[C@@H]6[C@@H](CC[C@@H]6O[C@]5(C(OC)OC)[C@@H]41)[C@@H]32. The van der Waals surface area contributed by atoms with E-state index in [1.165, 1.54) is 12.8 Å². The number of methoxy groups -OCH3 is 4. The van der Waals surface area contributed by atoms with Crippen molar-refractivity contribution in [3.63, 3.8) is 0 Å². The maximum Gasteiger partial charge on any atom is 0.186 e. The van der Waals surface area contributed by atoms with E-state index in [0.29, 0.717) is 71.4 Å². The molecule has 8 rings (SSSR count). The van der Waals surface area contributed by atoms with Crippen LogP contribution in [0.1, 0.15) is 25.7 Å². The molecule has 166 valence electrons. The van der Waals surface area contributed by atoms with E-state index < -0.39 is 0 Å². The molecule has 6 aliphatic carbocycles. The zero-order valence-corrected chi connectivity index (χ0v) is 18.4. The molecule has 0 bridgehead atoms. The molecule has 0 aromatic carbocycles. The van der Waals surface area contributed by atoms with E-state index in [0.717, 1.165) is 12.8 Å². The van der Waals surface area contributed by atoms with Crippen molar-refractivity contribution in [3.8, 4) is 0 Å². The molecular weight excluding hydrogens is 384 g/mol. The molecule has 8 fully saturated rings. The number of hydrogen-bond donors (Lipinski definition) is 0. The Bertz CT molecular complexity index is 718. The molecule has 30 heavy (non-hydrogen) atoms. The van der Waals surface area contributed by atoms with Crippen LogP contribution >= 0.6 is 0 Å². The quantitative estimate of drug-likeness (QED) is 0.617. The highest BCUT2D eigenvalue weighted by Gasteiger charge is 2.92. The first-order chi connectivity index (χ1) is 14.7. The molecule has 14 atom stereocenters. The number of hydrogen-bond acceptors (Lipinski definition) is 6. The third-order valence-corrected chi connectivity index (χ3v) is 11.7. The van der Waals surface area contributed by atoms with Gasteiger partial charge in [0, 0.05) is 40.3 Å². The van der Waals surface area contributed by atoms with Gasteiger partial charge in [-0.1, -0.05) is 0 Å². The first-order valence-electron chi connectivity index (χ1n) is 12.2. The summed E-state index contributed by atoms with van der Waals surface area (Å²) >= 11 is 0.